The molecular weight excluding hydrogens is 198 g/mol. The molecule has 1 heterocycles. The molecule has 0 aromatic heterocycles. The molecule has 16 heavy (non-hydrogen) atoms. The van der Waals surface area contributed by atoms with Crippen molar-refractivity contribution in [2.45, 2.75) is 19.4 Å². The molecule has 0 aliphatic carbocycles. The molecule has 2 nitrogen and oxygen atoms in total. The number of hydrogen-bond donors (Lipinski definition) is 0. The van der Waals surface area contributed by atoms with E-state index in [0.29, 0.717) is 12.3 Å². The van der Waals surface area contributed by atoms with E-state index in [1.54, 1.807) is 0 Å². The van der Waals surface area contributed by atoms with E-state index in [9.17, 15) is 4.79 Å². The molecule has 1 amide bonds. The third-order valence-electron chi connectivity index (χ3n) is 3.27. The van der Waals surface area contributed by atoms with Gasteiger partial charge < -0.3 is 4.90 Å². The lowest BCUT2D eigenvalue weighted by molar-refractivity contribution is -0.129. The van der Waals surface area contributed by atoms with Crippen LogP contribution in [-0.2, 0) is 4.79 Å². The number of carbonyl (C=O) groups is 1. The topological polar surface area (TPSA) is 20.3 Å². The van der Waals surface area contributed by atoms with Crippen molar-refractivity contribution in [3.8, 4) is 0 Å². The number of amides is 1. The number of likely N-dealkylation sites (tertiary alicyclic amines) is 1. The van der Waals surface area contributed by atoms with E-state index in [1.807, 2.05) is 29.2 Å². The van der Waals surface area contributed by atoms with Crippen LogP contribution in [0.3, 0.4) is 0 Å². The minimum atomic E-state index is 0.165. The highest BCUT2D eigenvalue weighted by Crippen LogP contribution is 2.28. The highest BCUT2D eigenvalue weighted by atomic mass is 16.2. The standard InChI is InChI=1S/C14H17NO/c1-3-12-9-14(16)15(10-12)11(2)13-7-5-4-6-8-13/h3-8,11-12H,1,9-10H2,2H3/t11-,12?/m1/s1. The van der Waals surface area contributed by atoms with Crippen LogP contribution in [0.5, 0.6) is 0 Å². The lowest BCUT2D eigenvalue weighted by atomic mass is 10.1. The molecule has 2 heteroatoms. The molecule has 1 saturated heterocycles. The first-order chi connectivity index (χ1) is 7.72. The smallest absolute Gasteiger partial charge is 0.223 e. The van der Waals surface area contributed by atoms with Crippen molar-refractivity contribution in [2.24, 2.45) is 5.92 Å². The maximum absolute atomic E-state index is 11.8. The van der Waals surface area contributed by atoms with Crippen LogP contribution in [0.4, 0.5) is 0 Å². The number of nitrogens with zero attached hydrogens (tertiary/aromatic N) is 1. The van der Waals surface area contributed by atoms with Gasteiger partial charge in [0.25, 0.3) is 0 Å². The molecule has 0 radical (unpaired) electrons. The second-order valence-corrected chi connectivity index (χ2v) is 4.33. The number of rotatable bonds is 3. The SMILES string of the molecule is C=CC1CC(=O)N([C@H](C)c2ccccc2)C1. The Morgan fingerprint density at radius 3 is 2.69 bits per heavy atom. The van der Waals surface area contributed by atoms with Crippen LogP contribution < -0.4 is 0 Å². The van der Waals surface area contributed by atoms with Crippen LogP contribution in [0.15, 0.2) is 43.0 Å². The van der Waals surface area contributed by atoms with E-state index in [-0.39, 0.29) is 11.9 Å². The lowest BCUT2D eigenvalue weighted by Crippen LogP contribution is -2.28. The summed E-state index contributed by atoms with van der Waals surface area (Å²) >= 11 is 0. The normalized spacial score (nSPS) is 22.2. The summed E-state index contributed by atoms with van der Waals surface area (Å²) in [6.45, 7) is 6.65. The van der Waals surface area contributed by atoms with Crippen LogP contribution in [-0.4, -0.2) is 17.4 Å². The van der Waals surface area contributed by atoms with Crippen LogP contribution >= 0.6 is 0 Å². The molecular formula is C14H17NO. The highest BCUT2D eigenvalue weighted by Gasteiger charge is 2.31. The number of carbonyl (C=O) groups excluding carboxylic acids is 1. The van der Waals surface area contributed by atoms with Crippen molar-refractivity contribution in [2.75, 3.05) is 6.54 Å². The Balaban J connectivity index is 2.14. The minimum absolute atomic E-state index is 0.165. The van der Waals surface area contributed by atoms with Gasteiger partial charge >= 0.3 is 0 Å². The second-order valence-electron chi connectivity index (χ2n) is 4.33. The maximum atomic E-state index is 11.8. The van der Waals surface area contributed by atoms with Gasteiger partial charge in [0.1, 0.15) is 0 Å². The van der Waals surface area contributed by atoms with Gasteiger partial charge in [-0.2, -0.15) is 0 Å². The summed E-state index contributed by atoms with van der Waals surface area (Å²) in [6, 6.07) is 10.3. The number of benzene rings is 1. The summed E-state index contributed by atoms with van der Waals surface area (Å²) in [4.78, 5) is 13.8. The molecule has 0 N–H and O–H groups in total. The average molecular weight is 215 g/mol. The molecule has 2 rings (SSSR count). The Hall–Kier alpha value is -1.57. The Labute approximate surface area is 96.6 Å². The fraction of sp³-hybridized carbons (Fsp3) is 0.357. The lowest BCUT2D eigenvalue weighted by Gasteiger charge is -2.25. The van der Waals surface area contributed by atoms with Crippen molar-refractivity contribution in [3.05, 3.63) is 48.6 Å². The molecule has 2 atom stereocenters. The molecule has 1 aliphatic rings. The Morgan fingerprint density at radius 1 is 1.44 bits per heavy atom. The fourth-order valence-electron chi connectivity index (χ4n) is 2.20. The third-order valence-corrected chi connectivity index (χ3v) is 3.27. The van der Waals surface area contributed by atoms with Gasteiger partial charge in [0.2, 0.25) is 5.91 Å². The van der Waals surface area contributed by atoms with Crippen LogP contribution in [0, 0.1) is 5.92 Å². The van der Waals surface area contributed by atoms with Crippen LogP contribution in [0.25, 0.3) is 0 Å². The Kier molecular flexibility index (Phi) is 3.09. The summed E-state index contributed by atoms with van der Waals surface area (Å²) in [5, 5.41) is 0. The first-order valence-electron chi connectivity index (χ1n) is 5.69. The van der Waals surface area contributed by atoms with Crippen LogP contribution in [0.1, 0.15) is 24.9 Å². The van der Waals surface area contributed by atoms with Gasteiger partial charge in [-0.1, -0.05) is 36.4 Å². The van der Waals surface area contributed by atoms with E-state index in [0.717, 1.165) is 6.54 Å². The van der Waals surface area contributed by atoms with Gasteiger partial charge in [0.05, 0.1) is 6.04 Å². The van der Waals surface area contributed by atoms with Gasteiger partial charge in [-0.25, -0.2) is 0 Å². The van der Waals surface area contributed by atoms with Gasteiger partial charge in [-0.15, -0.1) is 6.58 Å². The summed E-state index contributed by atoms with van der Waals surface area (Å²) in [7, 11) is 0. The molecule has 1 aromatic rings. The maximum Gasteiger partial charge on any atom is 0.223 e. The Morgan fingerprint density at radius 2 is 2.12 bits per heavy atom. The van der Waals surface area contributed by atoms with Gasteiger partial charge in [0.15, 0.2) is 0 Å². The van der Waals surface area contributed by atoms with E-state index in [1.165, 1.54) is 5.56 Å². The van der Waals surface area contributed by atoms with Gasteiger partial charge in [0, 0.05) is 18.9 Å². The van der Waals surface area contributed by atoms with Crippen molar-refractivity contribution in [1.29, 1.82) is 0 Å². The van der Waals surface area contributed by atoms with Crippen molar-refractivity contribution in [3.63, 3.8) is 0 Å². The number of hydrogen-bond acceptors (Lipinski definition) is 1. The van der Waals surface area contributed by atoms with Crippen molar-refractivity contribution < 1.29 is 4.79 Å². The summed E-state index contributed by atoms with van der Waals surface area (Å²) < 4.78 is 0. The predicted molar refractivity (Wildman–Crippen MR) is 64.9 cm³/mol. The molecule has 1 aromatic carbocycles. The Bertz CT molecular complexity index is 385. The fourth-order valence-corrected chi connectivity index (χ4v) is 2.20. The van der Waals surface area contributed by atoms with E-state index in [2.05, 4.69) is 25.6 Å². The first-order valence-corrected chi connectivity index (χ1v) is 5.69. The summed E-state index contributed by atoms with van der Waals surface area (Å²) in [5.41, 5.74) is 1.19. The molecule has 1 aliphatic heterocycles. The van der Waals surface area contributed by atoms with E-state index >= 15 is 0 Å². The second kappa shape index (κ2) is 4.52. The zero-order valence-corrected chi connectivity index (χ0v) is 9.60. The molecule has 1 unspecified atom stereocenters. The van der Waals surface area contributed by atoms with Gasteiger partial charge in [-0.05, 0) is 12.5 Å². The first kappa shape index (κ1) is 10.9. The quantitative estimate of drug-likeness (QED) is 0.710. The zero-order chi connectivity index (χ0) is 11.5. The average Bonchev–Trinajstić information content (AvgIpc) is 2.71. The molecule has 0 saturated carbocycles. The largest absolute Gasteiger partial charge is 0.335 e. The molecule has 1 fully saturated rings. The van der Waals surface area contributed by atoms with E-state index < -0.39 is 0 Å². The van der Waals surface area contributed by atoms with E-state index in [4.69, 9.17) is 0 Å². The predicted octanol–water partition coefficient (Wildman–Crippen LogP) is 2.78. The molecule has 0 spiro atoms. The monoisotopic (exact) mass is 215 g/mol. The highest BCUT2D eigenvalue weighted by molar-refractivity contribution is 5.79. The molecule has 84 valence electrons. The molecule has 0 bridgehead atoms. The zero-order valence-electron chi connectivity index (χ0n) is 9.60. The third kappa shape index (κ3) is 2.01. The summed E-state index contributed by atoms with van der Waals surface area (Å²) in [5.74, 6) is 0.555. The summed E-state index contributed by atoms with van der Waals surface area (Å²) in [6.07, 6.45) is 2.50. The van der Waals surface area contributed by atoms with Crippen molar-refractivity contribution in [1.82, 2.24) is 4.90 Å². The van der Waals surface area contributed by atoms with Gasteiger partial charge in [-0.3, -0.25) is 4.79 Å². The van der Waals surface area contributed by atoms with Crippen LogP contribution in [0.2, 0.25) is 0 Å². The minimum Gasteiger partial charge on any atom is -0.335 e. The van der Waals surface area contributed by atoms with Crippen molar-refractivity contribution >= 4 is 5.91 Å².